The number of amides is 1. The fraction of sp³-hybridized carbons (Fsp3) is 0.560. The first-order chi connectivity index (χ1) is 14.1. The number of aryl methyl sites for hydroxylation is 1. The minimum atomic E-state index is -0.438. The van der Waals surface area contributed by atoms with Gasteiger partial charge in [-0.05, 0) is 55.1 Å². The number of ether oxygens (including phenoxy) is 1. The van der Waals surface area contributed by atoms with Crippen LogP contribution in [-0.2, 0) is 22.4 Å². The zero-order valence-corrected chi connectivity index (χ0v) is 19.0. The first kappa shape index (κ1) is 22.3. The van der Waals surface area contributed by atoms with Crippen molar-refractivity contribution in [2.24, 2.45) is 17.3 Å². The lowest BCUT2D eigenvalue weighted by atomic mass is 9.70. The minimum absolute atomic E-state index is 0.0262. The smallest absolute Gasteiger partial charge is 0.339 e. The molecule has 1 aliphatic carbocycles. The van der Waals surface area contributed by atoms with Crippen molar-refractivity contribution in [1.82, 2.24) is 10.3 Å². The molecule has 30 heavy (non-hydrogen) atoms. The number of hydrogen-bond donors (Lipinski definition) is 1. The molecule has 1 aromatic carbocycles. The third-order valence-electron chi connectivity index (χ3n) is 6.41. The van der Waals surface area contributed by atoms with Gasteiger partial charge in [-0.3, -0.25) is 9.78 Å². The Balaban J connectivity index is 1.90. The van der Waals surface area contributed by atoms with Gasteiger partial charge in [-0.15, -0.1) is 0 Å². The zero-order chi connectivity index (χ0) is 22.1. The number of aromatic nitrogens is 1. The predicted molar refractivity (Wildman–Crippen MR) is 119 cm³/mol. The van der Waals surface area contributed by atoms with E-state index >= 15 is 0 Å². The van der Waals surface area contributed by atoms with Crippen LogP contribution in [0.15, 0.2) is 24.3 Å². The van der Waals surface area contributed by atoms with E-state index in [1.54, 1.807) is 0 Å². The number of nitrogens with zero attached hydrogens (tertiary/aromatic N) is 1. The molecule has 0 aliphatic heterocycles. The lowest BCUT2D eigenvalue weighted by Crippen LogP contribution is -2.38. The molecule has 0 unspecified atom stereocenters. The third kappa shape index (κ3) is 4.82. The Labute approximate surface area is 179 Å². The van der Waals surface area contributed by atoms with Crippen molar-refractivity contribution in [3.05, 3.63) is 41.1 Å². The van der Waals surface area contributed by atoms with Crippen molar-refractivity contribution in [1.29, 1.82) is 0 Å². The number of rotatable bonds is 5. The molecule has 5 heteroatoms. The Kier molecular flexibility index (Phi) is 6.49. The molecule has 1 aliphatic rings. The van der Waals surface area contributed by atoms with E-state index in [0.717, 1.165) is 41.4 Å². The summed E-state index contributed by atoms with van der Waals surface area (Å²) in [5.74, 6) is 0.0703. The van der Waals surface area contributed by atoms with E-state index in [0.29, 0.717) is 17.4 Å². The Morgan fingerprint density at radius 1 is 1.20 bits per heavy atom. The maximum Gasteiger partial charge on any atom is 0.339 e. The number of pyridine rings is 1. The summed E-state index contributed by atoms with van der Waals surface area (Å²) < 4.78 is 5.49. The van der Waals surface area contributed by atoms with Crippen molar-refractivity contribution in [2.75, 3.05) is 6.61 Å². The van der Waals surface area contributed by atoms with Gasteiger partial charge in [0, 0.05) is 17.1 Å². The molecule has 1 N–H and O–H groups in total. The largest absolute Gasteiger partial charge is 0.452 e. The first-order valence-corrected chi connectivity index (χ1v) is 10.9. The summed E-state index contributed by atoms with van der Waals surface area (Å²) in [6.07, 6.45) is 2.72. The monoisotopic (exact) mass is 410 g/mol. The lowest BCUT2D eigenvalue weighted by molar-refractivity contribution is -0.125. The van der Waals surface area contributed by atoms with Crippen molar-refractivity contribution >= 4 is 22.8 Å². The van der Waals surface area contributed by atoms with E-state index in [9.17, 15) is 9.59 Å². The maximum absolute atomic E-state index is 13.2. The highest BCUT2D eigenvalue weighted by Gasteiger charge is 2.33. The molecule has 1 aromatic heterocycles. The summed E-state index contributed by atoms with van der Waals surface area (Å²) in [4.78, 5) is 30.3. The normalized spacial score (nSPS) is 17.5. The van der Waals surface area contributed by atoms with E-state index in [4.69, 9.17) is 9.72 Å². The molecule has 5 nitrogen and oxygen atoms in total. The summed E-state index contributed by atoms with van der Waals surface area (Å²) in [5, 5.41) is 3.68. The van der Waals surface area contributed by atoms with Gasteiger partial charge in [0.05, 0.1) is 11.1 Å². The minimum Gasteiger partial charge on any atom is -0.452 e. The fourth-order valence-corrected chi connectivity index (χ4v) is 4.03. The SMILES string of the molecule is CC(C)[C@@H](C)NC(=O)COC(=O)c1c2c(nc3ccccc13)CC[C@H](C(C)(C)C)C2. The highest BCUT2D eigenvalue weighted by molar-refractivity contribution is 6.05. The fourth-order valence-electron chi connectivity index (χ4n) is 4.03. The topological polar surface area (TPSA) is 68.3 Å². The van der Waals surface area contributed by atoms with E-state index in [-0.39, 0.29) is 24.0 Å². The van der Waals surface area contributed by atoms with Crippen LogP contribution in [-0.4, -0.2) is 29.5 Å². The standard InChI is InChI=1S/C25H34N2O3/c1-15(2)16(3)26-22(28)14-30-24(29)23-18-9-7-8-10-20(18)27-21-12-11-17(13-19(21)23)25(4,5)6/h7-10,15-17H,11-14H2,1-6H3,(H,26,28)/t16-,17+/m1/s1. The van der Waals surface area contributed by atoms with Gasteiger partial charge in [0.15, 0.2) is 6.61 Å². The van der Waals surface area contributed by atoms with E-state index < -0.39 is 5.97 Å². The van der Waals surface area contributed by atoms with Crippen LogP contribution >= 0.6 is 0 Å². The predicted octanol–water partition coefficient (Wildman–Crippen LogP) is 4.70. The zero-order valence-electron chi connectivity index (χ0n) is 19.0. The number of benzene rings is 1. The number of fused-ring (bicyclic) bond motifs is 2. The summed E-state index contributed by atoms with van der Waals surface area (Å²) in [6.45, 7) is 12.5. The van der Waals surface area contributed by atoms with Crippen molar-refractivity contribution in [3.8, 4) is 0 Å². The number of hydrogen-bond acceptors (Lipinski definition) is 4. The number of esters is 1. The number of para-hydroxylation sites is 1. The second kappa shape index (κ2) is 8.75. The Morgan fingerprint density at radius 2 is 1.90 bits per heavy atom. The van der Waals surface area contributed by atoms with Crippen LogP contribution in [0.4, 0.5) is 0 Å². The average Bonchev–Trinajstić information content (AvgIpc) is 2.68. The van der Waals surface area contributed by atoms with E-state index in [2.05, 4.69) is 26.1 Å². The molecule has 1 heterocycles. The average molecular weight is 411 g/mol. The molecule has 0 saturated heterocycles. The molecule has 0 fully saturated rings. The highest BCUT2D eigenvalue weighted by Crippen LogP contribution is 2.39. The van der Waals surface area contributed by atoms with Crippen molar-refractivity contribution < 1.29 is 14.3 Å². The van der Waals surface area contributed by atoms with E-state index in [1.165, 1.54) is 0 Å². The molecule has 2 atom stereocenters. The Bertz CT molecular complexity index is 943. The second-order valence-corrected chi connectivity index (χ2v) is 9.91. The van der Waals surface area contributed by atoms with Gasteiger partial charge < -0.3 is 10.1 Å². The molecular weight excluding hydrogens is 376 g/mol. The number of carbonyl (C=O) groups excluding carboxylic acids is 2. The van der Waals surface area contributed by atoms with Crippen LogP contribution in [0.1, 0.15) is 69.6 Å². The molecule has 0 spiro atoms. The Morgan fingerprint density at radius 3 is 2.57 bits per heavy atom. The van der Waals surface area contributed by atoms with Crippen LogP contribution in [0.5, 0.6) is 0 Å². The van der Waals surface area contributed by atoms with Crippen LogP contribution in [0.25, 0.3) is 10.9 Å². The van der Waals surface area contributed by atoms with Gasteiger partial charge in [-0.2, -0.15) is 0 Å². The number of nitrogens with one attached hydrogen (secondary N) is 1. The highest BCUT2D eigenvalue weighted by atomic mass is 16.5. The van der Waals surface area contributed by atoms with Crippen LogP contribution < -0.4 is 5.32 Å². The van der Waals surface area contributed by atoms with Gasteiger partial charge in [-0.25, -0.2) is 4.79 Å². The van der Waals surface area contributed by atoms with Crippen molar-refractivity contribution in [2.45, 2.75) is 66.8 Å². The maximum atomic E-state index is 13.2. The molecule has 0 radical (unpaired) electrons. The molecule has 1 amide bonds. The Hall–Kier alpha value is -2.43. The molecule has 2 aromatic rings. The van der Waals surface area contributed by atoms with Gasteiger partial charge in [-0.1, -0.05) is 52.8 Å². The molecule has 162 valence electrons. The van der Waals surface area contributed by atoms with Gasteiger partial charge in [0.1, 0.15) is 0 Å². The molecule has 0 bridgehead atoms. The summed E-state index contributed by atoms with van der Waals surface area (Å²) >= 11 is 0. The first-order valence-electron chi connectivity index (χ1n) is 10.9. The van der Waals surface area contributed by atoms with Crippen LogP contribution in [0.3, 0.4) is 0 Å². The second-order valence-electron chi connectivity index (χ2n) is 9.91. The van der Waals surface area contributed by atoms with E-state index in [1.807, 2.05) is 45.0 Å². The molecule has 3 rings (SSSR count). The van der Waals surface area contributed by atoms with Crippen LogP contribution in [0.2, 0.25) is 0 Å². The van der Waals surface area contributed by atoms with Gasteiger partial charge >= 0.3 is 5.97 Å². The molecule has 0 saturated carbocycles. The summed E-state index contributed by atoms with van der Waals surface area (Å²) in [7, 11) is 0. The van der Waals surface area contributed by atoms with Crippen LogP contribution in [0, 0.1) is 17.3 Å². The summed E-state index contributed by atoms with van der Waals surface area (Å²) in [5.41, 5.74) is 3.50. The lowest BCUT2D eigenvalue weighted by Gasteiger charge is -2.35. The van der Waals surface area contributed by atoms with Gasteiger partial charge in [0.2, 0.25) is 0 Å². The third-order valence-corrected chi connectivity index (χ3v) is 6.41. The summed E-state index contributed by atoms with van der Waals surface area (Å²) in [6, 6.07) is 7.71. The van der Waals surface area contributed by atoms with Gasteiger partial charge in [0.25, 0.3) is 5.91 Å². The van der Waals surface area contributed by atoms with Crippen molar-refractivity contribution in [3.63, 3.8) is 0 Å². The quantitative estimate of drug-likeness (QED) is 0.725. The number of carbonyl (C=O) groups is 2. The molecular formula is C25H34N2O3.